The first-order chi connectivity index (χ1) is 11.2. The molecular weight excluding hydrogens is 307 g/mol. The molecule has 0 fully saturated rings. The number of aromatic nitrogens is 2. The first-order valence-corrected chi connectivity index (χ1v) is 8.71. The van der Waals surface area contributed by atoms with E-state index in [-0.39, 0.29) is 5.82 Å². The van der Waals surface area contributed by atoms with Crippen LogP contribution >= 0.6 is 11.3 Å². The van der Waals surface area contributed by atoms with E-state index in [1.807, 2.05) is 0 Å². The van der Waals surface area contributed by atoms with Crippen LogP contribution in [0.25, 0.3) is 31.7 Å². The lowest BCUT2D eigenvalue weighted by atomic mass is 10.1. The lowest BCUT2D eigenvalue weighted by Gasteiger charge is -2.04. The molecule has 2 heterocycles. The zero-order chi connectivity index (χ0) is 15.8. The van der Waals surface area contributed by atoms with Gasteiger partial charge in [-0.15, -0.1) is 11.3 Å². The topological polar surface area (TPSA) is 17.8 Å². The molecule has 23 heavy (non-hydrogen) atoms. The number of hydrogen-bond donors (Lipinski definition) is 0. The molecular formula is C19H17FN2S. The van der Waals surface area contributed by atoms with Crippen molar-refractivity contribution in [3.63, 3.8) is 0 Å². The third kappa shape index (κ3) is 2.63. The normalized spacial score (nSPS) is 11.6. The highest BCUT2D eigenvalue weighted by Gasteiger charge is 2.09. The Morgan fingerprint density at radius 1 is 1.13 bits per heavy atom. The van der Waals surface area contributed by atoms with E-state index in [0.717, 1.165) is 27.3 Å². The minimum absolute atomic E-state index is 0.212. The van der Waals surface area contributed by atoms with E-state index in [0.29, 0.717) is 0 Å². The SMILES string of the molecule is CCCCn1ccc2cc(-c3nc4ccc(F)cc4s3)ccc21. The van der Waals surface area contributed by atoms with Crippen LogP contribution in [0.3, 0.4) is 0 Å². The first-order valence-electron chi connectivity index (χ1n) is 7.90. The predicted octanol–water partition coefficient (Wildman–Crippen LogP) is 5.86. The summed E-state index contributed by atoms with van der Waals surface area (Å²) in [5, 5.41) is 2.16. The number of hydrogen-bond acceptors (Lipinski definition) is 2. The number of rotatable bonds is 4. The molecule has 4 rings (SSSR count). The second kappa shape index (κ2) is 5.78. The molecule has 116 valence electrons. The maximum Gasteiger partial charge on any atom is 0.124 e. The molecule has 0 radical (unpaired) electrons. The van der Waals surface area contributed by atoms with Crippen LogP contribution in [0.15, 0.2) is 48.7 Å². The predicted molar refractivity (Wildman–Crippen MR) is 95.4 cm³/mol. The second-order valence-electron chi connectivity index (χ2n) is 5.77. The fourth-order valence-electron chi connectivity index (χ4n) is 2.88. The highest BCUT2D eigenvalue weighted by molar-refractivity contribution is 7.21. The summed E-state index contributed by atoms with van der Waals surface area (Å²) in [5.41, 5.74) is 3.20. The summed E-state index contributed by atoms with van der Waals surface area (Å²) in [6.07, 6.45) is 4.53. The number of aryl methyl sites for hydroxylation is 1. The van der Waals surface area contributed by atoms with Crippen molar-refractivity contribution in [1.82, 2.24) is 9.55 Å². The van der Waals surface area contributed by atoms with E-state index < -0.39 is 0 Å². The quantitative estimate of drug-likeness (QED) is 0.460. The molecule has 0 aliphatic carbocycles. The van der Waals surface area contributed by atoms with Gasteiger partial charge in [-0.2, -0.15) is 0 Å². The van der Waals surface area contributed by atoms with Gasteiger partial charge in [0.2, 0.25) is 0 Å². The van der Waals surface area contributed by atoms with Crippen LogP contribution in [-0.4, -0.2) is 9.55 Å². The van der Waals surface area contributed by atoms with Gasteiger partial charge in [0.25, 0.3) is 0 Å². The van der Waals surface area contributed by atoms with E-state index in [2.05, 4.69) is 46.9 Å². The average molecular weight is 324 g/mol. The Morgan fingerprint density at radius 2 is 2.04 bits per heavy atom. The van der Waals surface area contributed by atoms with Crippen molar-refractivity contribution in [2.75, 3.05) is 0 Å². The Hall–Kier alpha value is -2.20. The summed E-state index contributed by atoms with van der Waals surface area (Å²) in [4.78, 5) is 4.63. The lowest BCUT2D eigenvalue weighted by molar-refractivity contribution is 0.630. The van der Waals surface area contributed by atoms with E-state index in [9.17, 15) is 4.39 Å². The molecule has 0 atom stereocenters. The summed E-state index contributed by atoms with van der Waals surface area (Å²) in [6.45, 7) is 3.26. The lowest BCUT2D eigenvalue weighted by Crippen LogP contribution is -1.94. The Kier molecular flexibility index (Phi) is 3.62. The monoisotopic (exact) mass is 324 g/mol. The molecule has 0 amide bonds. The molecule has 2 nitrogen and oxygen atoms in total. The van der Waals surface area contributed by atoms with Gasteiger partial charge in [-0.05, 0) is 48.9 Å². The first kappa shape index (κ1) is 14.4. The minimum atomic E-state index is -0.212. The van der Waals surface area contributed by atoms with Gasteiger partial charge in [-0.3, -0.25) is 0 Å². The Bertz CT molecular complexity index is 984. The molecule has 0 aliphatic heterocycles. The molecule has 0 spiro atoms. The molecule has 4 aromatic rings. The molecule has 0 unspecified atom stereocenters. The summed E-state index contributed by atoms with van der Waals surface area (Å²) in [5.74, 6) is -0.212. The van der Waals surface area contributed by atoms with Crippen LogP contribution in [-0.2, 0) is 6.54 Å². The summed E-state index contributed by atoms with van der Waals surface area (Å²) >= 11 is 1.54. The maximum absolute atomic E-state index is 13.3. The molecule has 0 aliphatic rings. The zero-order valence-corrected chi connectivity index (χ0v) is 13.7. The van der Waals surface area contributed by atoms with E-state index in [1.54, 1.807) is 12.1 Å². The minimum Gasteiger partial charge on any atom is -0.347 e. The van der Waals surface area contributed by atoms with Crippen molar-refractivity contribution < 1.29 is 4.39 Å². The molecule has 2 aromatic heterocycles. The zero-order valence-electron chi connectivity index (χ0n) is 12.9. The standard InChI is InChI=1S/C19H17FN2S/c1-2-3-9-22-10-8-13-11-14(4-7-17(13)22)19-21-16-6-5-15(20)12-18(16)23-19/h4-8,10-12H,2-3,9H2,1H3. The third-order valence-electron chi connectivity index (χ3n) is 4.12. The van der Waals surface area contributed by atoms with E-state index >= 15 is 0 Å². The van der Waals surface area contributed by atoms with Crippen LogP contribution in [0.4, 0.5) is 4.39 Å². The van der Waals surface area contributed by atoms with Gasteiger partial charge < -0.3 is 4.57 Å². The fourth-order valence-corrected chi connectivity index (χ4v) is 3.87. The van der Waals surface area contributed by atoms with Crippen molar-refractivity contribution in [2.24, 2.45) is 0 Å². The summed E-state index contributed by atoms with van der Waals surface area (Å²) < 4.78 is 16.5. The van der Waals surface area contributed by atoms with Crippen LogP contribution < -0.4 is 0 Å². The number of nitrogens with zero attached hydrogens (tertiary/aromatic N) is 2. The van der Waals surface area contributed by atoms with Crippen LogP contribution in [0.5, 0.6) is 0 Å². The van der Waals surface area contributed by atoms with Crippen molar-refractivity contribution in [3.05, 3.63) is 54.5 Å². The molecule has 0 bridgehead atoms. The van der Waals surface area contributed by atoms with Crippen LogP contribution in [0, 0.1) is 5.82 Å². The van der Waals surface area contributed by atoms with Crippen molar-refractivity contribution in [1.29, 1.82) is 0 Å². The third-order valence-corrected chi connectivity index (χ3v) is 5.19. The van der Waals surface area contributed by atoms with Crippen molar-refractivity contribution in [2.45, 2.75) is 26.3 Å². The molecule has 0 N–H and O–H groups in total. The van der Waals surface area contributed by atoms with Gasteiger partial charge in [-0.1, -0.05) is 13.3 Å². The molecule has 4 heteroatoms. The van der Waals surface area contributed by atoms with Gasteiger partial charge in [0, 0.05) is 29.2 Å². The molecule has 0 saturated carbocycles. The highest BCUT2D eigenvalue weighted by Crippen LogP contribution is 2.32. The van der Waals surface area contributed by atoms with Crippen molar-refractivity contribution >= 4 is 32.5 Å². The van der Waals surface area contributed by atoms with Crippen LogP contribution in [0.2, 0.25) is 0 Å². The number of halogens is 1. The number of benzene rings is 2. The molecule has 0 saturated heterocycles. The second-order valence-corrected chi connectivity index (χ2v) is 6.80. The largest absolute Gasteiger partial charge is 0.347 e. The van der Waals surface area contributed by atoms with Gasteiger partial charge in [0.1, 0.15) is 10.8 Å². The number of thiazole rings is 1. The van der Waals surface area contributed by atoms with Gasteiger partial charge in [0.05, 0.1) is 10.2 Å². The smallest absolute Gasteiger partial charge is 0.124 e. The Morgan fingerprint density at radius 3 is 2.91 bits per heavy atom. The van der Waals surface area contributed by atoms with E-state index in [4.69, 9.17) is 0 Å². The highest BCUT2D eigenvalue weighted by atomic mass is 32.1. The Labute approximate surface area is 138 Å². The van der Waals surface area contributed by atoms with Gasteiger partial charge in [-0.25, -0.2) is 9.37 Å². The van der Waals surface area contributed by atoms with Gasteiger partial charge >= 0.3 is 0 Å². The summed E-state index contributed by atoms with van der Waals surface area (Å²) in [7, 11) is 0. The van der Waals surface area contributed by atoms with Crippen LogP contribution in [0.1, 0.15) is 19.8 Å². The maximum atomic E-state index is 13.3. The summed E-state index contributed by atoms with van der Waals surface area (Å²) in [6, 6.07) is 13.3. The Balaban J connectivity index is 1.75. The fraction of sp³-hybridized carbons (Fsp3) is 0.211. The average Bonchev–Trinajstić information content (AvgIpc) is 3.15. The number of fused-ring (bicyclic) bond motifs is 2. The molecule has 2 aromatic carbocycles. The van der Waals surface area contributed by atoms with Gasteiger partial charge in [0.15, 0.2) is 0 Å². The van der Waals surface area contributed by atoms with Crippen molar-refractivity contribution in [3.8, 4) is 10.6 Å². The number of unbranched alkanes of at least 4 members (excludes halogenated alkanes) is 1. The van der Waals surface area contributed by atoms with E-state index in [1.165, 1.54) is 41.1 Å².